The molecular weight excluding hydrogens is 294 g/mol. The summed E-state index contributed by atoms with van der Waals surface area (Å²) in [5.74, 6) is 0.933. The second-order valence-corrected chi connectivity index (χ2v) is 5.86. The molecule has 7 heteroatoms. The van der Waals surface area contributed by atoms with Crippen molar-refractivity contribution in [1.29, 1.82) is 0 Å². The first-order chi connectivity index (χ1) is 11.1. The van der Waals surface area contributed by atoms with E-state index in [0.717, 1.165) is 38.6 Å². The fraction of sp³-hybridized carbons (Fsp3) is 0.688. The van der Waals surface area contributed by atoms with Gasteiger partial charge in [-0.2, -0.15) is 0 Å². The molecule has 0 N–H and O–H groups in total. The lowest BCUT2D eigenvalue weighted by Crippen LogP contribution is -2.54. The SMILES string of the molecule is COCCCN(C)C(C)C(=O)N1CCN(c2ncccn2)CC1. The van der Waals surface area contributed by atoms with Crippen LogP contribution in [0.1, 0.15) is 13.3 Å². The number of likely N-dealkylation sites (N-methyl/N-ethyl adjacent to an activating group) is 1. The molecule has 1 amide bonds. The van der Waals surface area contributed by atoms with Crippen LogP contribution >= 0.6 is 0 Å². The molecule has 7 nitrogen and oxygen atoms in total. The lowest BCUT2D eigenvalue weighted by molar-refractivity contribution is -0.136. The highest BCUT2D eigenvalue weighted by Gasteiger charge is 2.27. The fourth-order valence-electron chi connectivity index (χ4n) is 2.69. The van der Waals surface area contributed by atoms with Crippen molar-refractivity contribution < 1.29 is 9.53 Å². The van der Waals surface area contributed by atoms with Crippen molar-refractivity contribution >= 4 is 11.9 Å². The number of rotatable bonds is 7. The molecule has 1 aromatic rings. The Hall–Kier alpha value is -1.73. The van der Waals surface area contributed by atoms with Crippen LogP contribution < -0.4 is 4.90 Å². The molecule has 2 rings (SSSR count). The van der Waals surface area contributed by atoms with Crippen LogP contribution in [0.25, 0.3) is 0 Å². The number of amides is 1. The number of aromatic nitrogens is 2. The van der Waals surface area contributed by atoms with Crippen LogP contribution in [0.4, 0.5) is 5.95 Å². The van der Waals surface area contributed by atoms with Crippen molar-refractivity contribution in [2.24, 2.45) is 0 Å². The predicted octanol–water partition coefficient (Wildman–Crippen LogP) is 0.482. The average Bonchev–Trinajstić information content (AvgIpc) is 2.61. The molecule has 1 aliphatic rings. The van der Waals surface area contributed by atoms with E-state index in [0.29, 0.717) is 13.1 Å². The first-order valence-electron chi connectivity index (χ1n) is 8.13. The van der Waals surface area contributed by atoms with E-state index in [9.17, 15) is 4.79 Å². The molecule has 2 heterocycles. The topological polar surface area (TPSA) is 61.8 Å². The molecule has 0 radical (unpaired) electrons. The van der Waals surface area contributed by atoms with Gasteiger partial charge in [-0.3, -0.25) is 9.69 Å². The van der Waals surface area contributed by atoms with E-state index in [1.165, 1.54) is 0 Å². The number of ether oxygens (including phenoxy) is 1. The maximum atomic E-state index is 12.6. The van der Waals surface area contributed by atoms with Crippen LogP contribution in [0.2, 0.25) is 0 Å². The number of piperazine rings is 1. The average molecular weight is 321 g/mol. The second-order valence-electron chi connectivity index (χ2n) is 5.86. The third-order valence-corrected chi connectivity index (χ3v) is 4.30. The van der Waals surface area contributed by atoms with Gasteiger partial charge in [-0.05, 0) is 26.5 Å². The Balaban J connectivity index is 1.81. The van der Waals surface area contributed by atoms with Crippen molar-refractivity contribution in [3.05, 3.63) is 18.5 Å². The van der Waals surface area contributed by atoms with Crippen LogP contribution in [-0.2, 0) is 9.53 Å². The molecule has 128 valence electrons. The van der Waals surface area contributed by atoms with E-state index in [1.807, 2.05) is 24.9 Å². The van der Waals surface area contributed by atoms with Crippen LogP contribution in [-0.4, -0.2) is 85.2 Å². The van der Waals surface area contributed by atoms with Gasteiger partial charge in [0.2, 0.25) is 11.9 Å². The zero-order valence-corrected chi connectivity index (χ0v) is 14.3. The summed E-state index contributed by atoms with van der Waals surface area (Å²) in [5.41, 5.74) is 0. The smallest absolute Gasteiger partial charge is 0.239 e. The Kier molecular flexibility index (Phi) is 6.73. The van der Waals surface area contributed by atoms with E-state index in [-0.39, 0.29) is 11.9 Å². The fourth-order valence-corrected chi connectivity index (χ4v) is 2.69. The van der Waals surface area contributed by atoms with Gasteiger partial charge in [0.25, 0.3) is 0 Å². The Morgan fingerprint density at radius 3 is 2.57 bits per heavy atom. The number of nitrogens with zero attached hydrogens (tertiary/aromatic N) is 5. The van der Waals surface area contributed by atoms with E-state index in [2.05, 4.69) is 19.8 Å². The number of carbonyl (C=O) groups is 1. The largest absolute Gasteiger partial charge is 0.385 e. The maximum Gasteiger partial charge on any atom is 0.239 e. The standard InChI is InChI=1S/C16H27N5O2/c1-14(19(2)8-5-13-23-3)15(22)20-9-11-21(12-10-20)16-17-6-4-7-18-16/h4,6-7,14H,5,8-13H2,1-3H3. The highest BCUT2D eigenvalue weighted by atomic mass is 16.5. The molecule has 0 aliphatic carbocycles. The molecule has 0 aromatic carbocycles. The van der Waals surface area contributed by atoms with E-state index < -0.39 is 0 Å². The lowest BCUT2D eigenvalue weighted by atomic mass is 10.2. The van der Waals surface area contributed by atoms with Crippen LogP contribution in [0.15, 0.2) is 18.5 Å². The van der Waals surface area contributed by atoms with Crippen molar-refractivity contribution in [2.75, 3.05) is 58.4 Å². The zero-order valence-electron chi connectivity index (χ0n) is 14.3. The van der Waals surface area contributed by atoms with Crippen LogP contribution in [0.5, 0.6) is 0 Å². The second kappa shape index (κ2) is 8.79. The predicted molar refractivity (Wildman–Crippen MR) is 89.4 cm³/mol. The molecule has 0 bridgehead atoms. The van der Waals surface area contributed by atoms with E-state index >= 15 is 0 Å². The minimum atomic E-state index is -0.105. The maximum absolute atomic E-state index is 12.6. The van der Waals surface area contributed by atoms with Gasteiger partial charge in [0, 0.05) is 58.8 Å². The molecule has 0 spiro atoms. The third kappa shape index (κ3) is 4.87. The Morgan fingerprint density at radius 1 is 1.30 bits per heavy atom. The summed E-state index contributed by atoms with van der Waals surface area (Å²) >= 11 is 0. The summed E-state index contributed by atoms with van der Waals surface area (Å²) in [4.78, 5) is 27.3. The van der Waals surface area contributed by atoms with Crippen LogP contribution in [0, 0.1) is 0 Å². The summed E-state index contributed by atoms with van der Waals surface area (Å²) in [6.45, 7) is 6.54. The molecular formula is C16H27N5O2. The molecule has 1 atom stereocenters. The van der Waals surface area contributed by atoms with E-state index in [4.69, 9.17) is 4.74 Å². The summed E-state index contributed by atoms with van der Waals surface area (Å²) in [6.07, 6.45) is 4.43. The monoisotopic (exact) mass is 321 g/mol. The van der Waals surface area contributed by atoms with Gasteiger partial charge in [0.15, 0.2) is 0 Å². The Bertz CT molecular complexity index is 477. The van der Waals surface area contributed by atoms with Crippen molar-refractivity contribution in [2.45, 2.75) is 19.4 Å². The Morgan fingerprint density at radius 2 is 1.96 bits per heavy atom. The van der Waals surface area contributed by atoms with Crippen molar-refractivity contribution in [1.82, 2.24) is 19.8 Å². The zero-order chi connectivity index (χ0) is 16.7. The van der Waals surface area contributed by atoms with Crippen molar-refractivity contribution in [3.8, 4) is 0 Å². The first kappa shape index (κ1) is 17.6. The number of anilines is 1. The molecule has 1 aromatic heterocycles. The number of hydrogen-bond acceptors (Lipinski definition) is 6. The van der Waals surface area contributed by atoms with Gasteiger partial charge in [0.1, 0.15) is 0 Å². The van der Waals surface area contributed by atoms with E-state index in [1.54, 1.807) is 19.5 Å². The van der Waals surface area contributed by atoms with Crippen molar-refractivity contribution in [3.63, 3.8) is 0 Å². The van der Waals surface area contributed by atoms with Crippen LogP contribution in [0.3, 0.4) is 0 Å². The minimum Gasteiger partial charge on any atom is -0.385 e. The normalized spacial score (nSPS) is 16.7. The molecule has 0 saturated carbocycles. The summed E-state index contributed by atoms with van der Waals surface area (Å²) < 4.78 is 5.06. The quantitative estimate of drug-likeness (QED) is 0.681. The highest BCUT2D eigenvalue weighted by Crippen LogP contribution is 2.12. The third-order valence-electron chi connectivity index (χ3n) is 4.30. The Labute approximate surface area is 138 Å². The van der Waals surface area contributed by atoms with Gasteiger partial charge >= 0.3 is 0 Å². The molecule has 23 heavy (non-hydrogen) atoms. The minimum absolute atomic E-state index is 0.105. The molecule has 1 aliphatic heterocycles. The number of methoxy groups -OCH3 is 1. The van der Waals surface area contributed by atoms with Gasteiger partial charge in [-0.25, -0.2) is 9.97 Å². The van der Waals surface area contributed by atoms with Gasteiger partial charge < -0.3 is 14.5 Å². The van der Waals surface area contributed by atoms with Gasteiger partial charge in [-0.15, -0.1) is 0 Å². The van der Waals surface area contributed by atoms with Gasteiger partial charge in [0.05, 0.1) is 6.04 Å². The summed E-state index contributed by atoms with van der Waals surface area (Å²) in [7, 11) is 3.69. The highest BCUT2D eigenvalue weighted by molar-refractivity contribution is 5.81. The summed E-state index contributed by atoms with van der Waals surface area (Å²) in [5, 5.41) is 0. The molecule has 1 saturated heterocycles. The number of hydrogen-bond donors (Lipinski definition) is 0. The summed E-state index contributed by atoms with van der Waals surface area (Å²) in [6, 6.07) is 1.70. The first-order valence-corrected chi connectivity index (χ1v) is 8.13. The molecule has 1 fully saturated rings. The number of carbonyl (C=O) groups excluding carboxylic acids is 1. The van der Waals surface area contributed by atoms with Gasteiger partial charge in [-0.1, -0.05) is 0 Å². The lowest BCUT2D eigenvalue weighted by Gasteiger charge is -2.37. The molecule has 1 unspecified atom stereocenters.